The van der Waals surface area contributed by atoms with E-state index in [0.29, 0.717) is 32.1 Å². The number of rotatable bonds is 21. The number of carbonyl (C=O) groups is 6. The molecule has 0 rings (SSSR count). The first kappa shape index (κ1) is 36.6. The van der Waals surface area contributed by atoms with Crippen LogP contribution in [0.3, 0.4) is 0 Å². The van der Waals surface area contributed by atoms with E-state index in [1.165, 1.54) is 0 Å². The second kappa shape index (κ2) is 18.8. The molecule has 10 nitrogen and oxygen atoms in total. The van der Waals surface area contributed by atoms with Crippen LogP contribution >= 0.6 is 19.7 Å². The number of amides is 3. The van der Waals surface area contributed by atoms with E-state index in [1.807, 2.05) is 6.92 Å². The molecule has 0 bridgehead atoms. The van der Waals surface area contributed by atoms with Gasteiger partial charge in [-0.1, -0.05) is 13.8 Å². The molecule has 0 saturated heterocycles. The van der Waals surface area contributed by atoms with Crippen LogP contribution in [0.25, 0.3) is 0 Å². The number of esters is 1. The first-order valence-electron chi connectivity index (χ1n) is 13.1. The smallest absolute Gasteiger partial charge is 0.311 e. The van der Waals surface area contributed by atoms with Crippen LogP contribution in [0, 0.1) is 16.2 Å². The largest absolute Gasteiger partial charge is 0.465 e. The fourth-order valence-corrected chi connectivity index (χ4v) is 6.87. The van der Waals surface area contributed by atoms with Crippen molar-refractivity contribution >= 4 is 70.0 Å². The van der Waals surface area contributed by atoms with Crippen LogP contribution in [0.15, 0.2) is 0 Å². The van der Waals surface area contributed by atoms with E-state index in [2.05, 4.69) is 34.3 Å². The fraction of sp³-hybridized carbons (Fsp3) is 0.769. The average Bonchev–Trinajstić information content (AvgIpc) is 2.86. The van der Waals surface area contributed by atoms with Crippen molar-refractivity contribution in [2.75, 3.05) is 19.7 Å². The summed E-state index contributed by atoms with van der Waals surface area (Å²) in [5.74, 6) is -0.999. The van der Waals surface area contributed by atoms with E-state index < -0.39 is 36.3 Å². The average molecular weight is 707 g/mol. The quantitative estimate of drug-likeness (QED) is 0.0547. The van der Waals surface area contributed by atoms with E-state index in [9.17, 15) is 28.8 Å². The molecular weight excluding hydrogens is 663 g/mol. The van der Waals surface area contributed by atoms with Crippen molar-refractivity contribution in [1.82, 2.24) is 14.7 Å². The van der Waals surface area contributed by atoms with Crippen LogP contribution in [0.5, 0.6) is 0 Å². The van der Waals surface area contributed by atoms with E-state index in [0.717, 1.165) is 25.5 Å². The van der Waals surface area contributed by atoms with Crippen molar-refractivity contribution in [3.05, 3.63) is 0 Å². The minimum absolute atomic E-state index is 0.0677. The van der Waals surface area contributed by atoms with Gasteiger partial charge in [0, 0.05) is 11.8 Å². The van der Waals surface area contributed by atoms with Gasteiger partial charge in [-0.05, 0) is 26.2 Å². The maximum Gasteiger partial charge on any atom is 0.311 e. The second-order valence-electron chi connectivity index (χ2n) is 10.8. The molecular formula is C26H44GaIN3O7. The van der Waals surface area contributed by atoms with Crippen LogP contribution in [0.2, 0.25) is 0 Å². The third-order valence-electron chi connectivity index (χ3n) is 6.68. The first-order valence-corrected chi connectivity index (χ1v) is 21.7. The van der Waals surface area contributed by atoms with Crippen molar-refractivity contribution < 1.29 is 33.5 Å². The summed E-state index contributed by atoms with van der Waals surface area (Å²) in [6, 6.07) is 0. The summed E-state index contributed by atoms with van der Waals surface area (Å²) in [6.07, 6.45) is 5.48. The molecule has 0 aliphatic rings. The standard InChI is InChI=1S/C26H45N3O7.Ga.HI/c1-6-25(4,22(34)29-14-16-31)19-26(5,23(35)36-17-11-10-15-30)18-24(2,3)21(33)28-13-9-7-8-12-20(27)32;;/h15-16H,6-14,17-19H2,1-5H3,(H4,27,28,29,32,33,34);;1H/q;+2;/p-2. The van der Waals surface area contributed by atoms with Gasteiger partial charge < -0.3 is 19.6 Å². The molecule has 0 aromatic carbocycles. The number of ether oxygens (including phenoxy) is 1. The Labute approximate surface area is 245 Å². The third-order valence-corrected chi connectivity index (χ3v) is 9.20. The molecule has 215 valence electrons. The molecule has 2 atom stereocenters. The molecule has 38 heavy (non-hydrogen) atoms. The van der Waals surface area contributed by atoms with Crippen LogP contribution in [-0.2, 0) is 33.5 Å². The Balaban J connectivity index is 5.44. The molecule has 0 aliphatic heterocycles. The summed E-state index contributed by atoms with van der Waals surface area (Å²) in [5, 5.41) is 5.53. The maximum atomic E-state index is 13.3. The molecule has 0 saturated carbocycles. The topological polar surface area (TPSA) is 148 Å². The van der Waals surface area contributed by atoms with Gasteiger partial charge in [0.15, 0.2) is 0 Å². The first-order chi connectivity index (χ1) is 17.8. The normalized spacial score (nSPS) is 14.3. The van der Waals surface area contributed by atoms with Gasteiger partial charge in [0.25, 0.3) is 0 Å². The predicted octanol–water partition coefficient (Wildman–Crippen LogP) is 2.81. The molecule has 12 heteroatoms. The van der Waals surface area contributed by atoms with Crippen LogP contribution < -0.4 is 14.7 Å². The molecule has 1 radical (unpaired) electrons. The van der Waals surface area contributed by atoms with Gasteiger partial charge >= 0.3 is 134 Å². The second-order valence-corrected chi connectivity index (χ2v) is 15.1. The van der Waals surface area contributed by atoms with E-state index in [1.54, 1.807) is 27.7 Å². The monoisotopic (exact) mass is 706 g/mol. The van der Waals surface area contributed by atoms with E-state index >= 15 is 0 Å². The third kappa shape index (κ3) is 13.6. The van der Waals surface area contributed by atoms with Gasteiger partial charge in [0.1, 0.15) is 12.6 Å². The maximum absolute atomic E-state index is 13.3. The molecule has 3 amide bonds. The number of hydrogen-bond donors (Lipinski definition) is 3. The molecule has 2 unspecified atom stereocenters. The molecule has 0 spiro atoms. The number of aldehydes is 2. The van der Waals surface area contributed by atoms with Crippen molar-refractivity contribution in [1.29, 1.82) is 0 Å². The Bertz CT molecular complexity index is 812. The number of unbranched alkanes of at least 4 members (excludes halogenated alkanes) is 3. The van der Waals surface area contributed by atoms with Crippen molar-refractivity contribution in [3.63, 3.8) is 0 Å². The van der Waals surface area contributed by atoms with E-state index in [4.69, 9.17) is 4.74 Å². The zero-order valence-corrected chi connectivity index (χ0v) is 28.0. The molecule has 0 aromatic rings. The van der Waals surface area contributed by atoms with Crippen molar-refractivity contribution in [3.8, 4) is 0 Å². The summed E-state index contributed by atoms with van der Waals surface area (Å²) >= 11 is 1.57. The summed E-state index contributed by atoms with van der Waals surface area (Å²) in [6.45, 7) is 9.19. The minimum Gasteiger partial charge on any atom is -0.465 e. The van der Waals surface area contributed by atoms with E-state index in [-0.39, 0.29) is 50.1 Å². The Morgan fingerprint density at radius 1 is 0.868 bits per heavy atom. The molecule has 0 aliphatic carbocycles. The van der Waals surface area contributed by atoms with Gasteiger partial charge in [0.05, 0.1) is 13.2 Å². The Kier molecular flexibility index (Phi) is 18.1. The van der Waals surface area contributed by atoms with Gasteiger partial charge in [-0.2, -0.15) is 0 Å². The number of carbonyl (C=O) groups excluding carboxylic acids is 6. The van der Waals surface area contributed by atoms with Crippen molar-refractivity contribution in [2.45, 2.75) is 92.4 Å². The predicted molar refractivity (Wildman–Crippen MR) is 154 cm³/mol. The summed E-state index contributed by atoms with van der Waals surface area (Å²) in [7, 11) is 0. The zero-order valence-electron chi connectivity index (χ0n) is 23.5. The van der Waals surface area contributed by atoms with Gasteiger partial charge in [-0.3, -0.25) is 9.59 Å². The summed E-state index contributed by atoms with van der Waals surface area (Å²) in [5.41, 5.74) is -3.10. The fourth-order valence-electron chi connectivity index (χ4n) is 4.50. The van der Waals surface area contributed by atoms with Gasteiger partial charge in [-0.15, -0.1) is 0 Å². The SMILES string of the molecule is CCC(C)(CC(C)(CC(C)(C)C(=O)NCCCCCC(=O)[NH][Ga][I])C(=O)OCCCC=O)C(=O)NCC=O. The number of halogens is 1. The van der Waals surface area contributed by atoms with Gasteiger partial charge in [-0.25, -0.2) is 0 Å². The Morgan fingerprint density at radius 2 is 1.55 bits per heavy atom. The molecule has 0 fully saturated rings. The summed E-state index contributed by atoms with van der Waals surface area (Å²) in [4.78, 5) is 72.3. The van der Waals surface area contributed by atoms with Gasteiger partial charge in [0.2, 0.25) is 5.91 Å². The molecule has 3 N–H and O–H groups in total. The summed E-state index contributed by atoms with van der Waals surface area (Å²) < 4.78 is 8.40. The minimum atomic E-state index is -1.18. The molecule has 0 heterocycles. The molecule has 0 aromatic heterocycles. The number of hydrogen-bond acceptors (Lipinski definition) is 7. The van der Waals surface area contributed by atoms with Crippen LogP contribution in [0.4, 0.5) is 0 Å². The van der Waals surface area contributed by atoms with Crippen LogP contribution in [-0.4, -0.2) is 70.1 Å². The Hall–Kier alpha value is -1.41. The van der Waals surface area contributed by atoms with Crippen molar-refractivity contribution in [2.24, 2.45) is 16.2 Å². The zero-order chi connectivity index (χ0) is 29.2. The Morgan fingerprint density at radius 3 is 2.13 bits per heavy atom. The van der Waals surface area contributed by atoms with Crippen LogP contribution in [0.1, 0.15) is 92.4 Å². The number of nitrogens with one attached hydrogen (secondary N) is 3.